The zero-order chi connectivity index (χ0) is 14.3. The van der Waals surface area contributed by atoms with Crippen LogP contribution in [0.15, 0.2) is 36.4 Å². The Morgan fingerprint density at radius 1 is 1.20 bits per heavy atom. The molecule has 0 fully saturated rings. The summed E-state index contributed by atoms with van der Waals surface area (Å²) in [5.74, 6) is -0.0878. The second kappa shape index (κ2) is 5.10. The number of halogens is 2. The van der Waals surface area contributed by atoms with E-state index >= 15 is 0 Å². The molecule has 0 unspecified atom stereocenters. The molecule has 0 bridgehead atoms. The Morgan fingerprint density at radius 3 is 2.80 bits per heavy atom. The van der Waals surface area contributed by atoms with Crippen LogP contribution in [0.1, 0.15) is 11.1 Å². The molecule has 0 saturated heterocycles. The van der Waals surface area contributed by atoms with Gasteiger partial charge in [-0.25, -0.2) is 0 Å². The average Bonchev–Trinajstić information content (AvgIpc) is 2.70. The molecule has 3 rings (SSSR count). The van der Waals surface area contributed by atoms with E-state index in [4.69, 9.17) is 11.6 Å². The molecule has 2 aromatic carbocycles. The van der Waals surface area contributed by atoms with Gasteiger partial charge in [-0.15, -0.1) is 0 Å². The van der Waals surface area contributed by atoms with Crippen molar-refractivity contribution in [2.45, 2.75) is 0 Å². The van der Waals surface area contributed by atoms with Crippen molar-refractivity contribution in [3.8, 4) is 5.75 Å². The van der Waals surface area contributed by atoms with Crippen LogP contribution in [0.4, 0.5) is 5.69 Å². The highest BCUT2D eigenvalue weighted by Crippen LogP contribution is 2.35. The molecular formula is C15H9ClINO2. The fourth-order valence-corrected chi connectivity index (χ4v) is 2.77. The Hall–Kier alpha value is -1.53. The number of phenolic OH excluding ortho intramolecular Hbond substituents is 1. The van der Waals surface area contributed by atoms with E-state index in [0.29, 0.717) is 16.2 Å². The number of nitrogens with one attached hydrogen (secondary N) is 1. The molecule has 100 valence electrons. The molecule has 3 nitrogen and oxygen atoms in total. The quantitative estimate of drug-likeness (QED) is 0.561. The van der Waals surface area contributed by atoms with Crippen LogP contribution in [0.3, 0.4) is 0 Å². The van der Waals surface area contributed by atoms with Gasteiger partial charge in [-0.1, -0.05) is 11.6 Å². The maximum absolute atomic E-state index is 12.0. The summed E-state index contributed by atoms with van der Waals surface area (Å²) in [5.41, 5.74) is 2.66. The lowest BCUT2D eigenvalue weighted by atomic mass is 10.0. The number of hydrogen-bond acceptors (Lipinski definition) is 2. The first kappa shape index (κ1) is 13.5. The first-order valence-corrected chi connectivity index (χ1v) is 7.32. The van der Waals surface area contributed by atoms with Gasteiger partial charge in [0.15, 0.2) is 0 Å². The van der Waals surface area contributed by atoms with Crippen molar-refractivity contribution in [3.05, 3.63) is 56.1 Å². The minimum atomic E-state index is -0.179. The van der Waals surface area contributed by atoms with E-state index in [9.17, 15) is 9.90 Å². The average molecular weight is 398 g/mol. The number of carbonyl (C=O) groups is 1. The summed E-state index contributed by atoms with van der Waals surface area (Å²) in [4.78, 5) is 12.0. The number of fused-ring (bicyclic) bond motifs is 1. The summed E-state index contributed by atoms with van der Waals surface area (Å²) in [6.45, 7) is 0. The number of rotatable bonds is 1. The third-order valence-electron chi connectivity index (χ3n) is 3.05. The van der Waals surface area contributed by atoms with Crippen LogP contribution in [-0.4, -0.2) is 11.0 Å². The lowest BCUT2D eigenvalue weighted by Gasteiger charge is -2.02. The lowest BCUT2D eigenvalue weighted by molar-refractivity contribution is -0.110. The fraction of sp³-hybridized carbons (Fsp3) is 0. The molecule has 0 saturated carbocycles. The molecule has 1 amide bonds. The van der Waals surface area contributed by atoms with Crippen molar-refractivity contribution >= 4 is 57.4 Å². The maximum Gasteiger partial charge on any atom is 0.256 e. The van der Waals surface area contributed by atoms with Crippen molar-refractivity contribution in [1.82, 2.24) is 0 Å². The fourth-order valence-electron chi connectivity index (χ4n) is 2.10. The van der Waals surface area contributed by atoms with E-state index in [2.05, 4.69) is 27.9 Å². The Kier molecular flexibility index (Phi) is 3.43. The van der Waals surface area contributed by atoms with E-state index < -0.39 is 0 Å². The van der Waals surface area contributed by atoms with E-state index in [0.717, 1.165) is 14.8 Å². The first-order chi connectivity index (χ1) is 9.54. The van der Waals surface area contributed by atoms with Gasteiger partial charge >= 0.3 is 0 Å². The van der Waals surface area contributed by atoms with Gasteiger partial charge in [0.05, 0.1) is 0 Å². The van der Waals surface area contributed by atoms with Gasteiger partial charge < -0.3 is 10.4 Å². The lowest BCUT2D eigenvalue weighted by Crippen LogP contribution is -2.03. The Balaban J connectivity index is 2.15. The molecule has 1 aliphatic rings. The topological polar surface area (TPSA) is 49.3 Å². The third-order valence-corrected chi connectivity index (χ3v) is 3.96. The van der Waals surface area contributed by atoms with Crippen LogP contribution in [0.25, 0.3) is 11.6 Å². The summed E-state index contributed by atoms with van der Waals surface area (Å²) >= 11 is 8.12. The van der Waals surface area contributed by atoms with Crippen LogP contribution in [0.5, 0.6) is 5.75 Å². The van der Waals surface area contributed by atoms with Gasteiger partial charge in [-0.3, -0.25) is 4.79 Å². The highest BCUT2D eigenvalue weighted by molar-refractivity contribution is 14.1. The SMILES string of the molecule is O=C1Nc2ccc(I)cc2C1=Cc1cc(Cl)ccc1O. The van der Waals surface area contributed by atoms with Crippen molar-refractivity contribution in [2.75, 3.05) is 5.32 Å². The zero-order valence-electron chi connectivity index (χ0n) is 10.2. The summed E-state index contributed by atoms with van der Waals surface area (Å²) in [7, 11) is 0. The van der Waals surface area contributed by atoms with Crippen molar-refractivity contribution in [3.63, 3.8) is 0 Å². The number of amides is 1. The Labute approximate surface area is 134 Å². The highest BCUT2D eigenvalue weighted by atomic mass is 127. The minimum Gasteiger partial charge on any atom is -0.507 e. The molecule has 0 atom stereocenters. The number of hydrogen-bond donors (Lipinski definition) is 2. The van der Waals surface area contributed by atoms with E-state index in [-0.39, 0.29) is 11.7 Å². The number of carbonyl (C=O) groups excluding carboxylic acids is 1. The smallest absolute Gasteiger partial charge is 0.256 e. The van der Waals surface area contributed by atoms with E-state index in [1.54, 1.807) is 18.2 Å². The number of phenols is 1. The van der Waals surface area contributed by atoms with Gasteiger partial charge in [0.25, 0.3) is 5.91 Å². The predicted molar refractivity (Wildman–Crippen MR) is 88.8 cm³/mol. The van der Waals surface area contributed by atoms with Crippen LogP contribution in [0.2, 0.25) is 5.02 Å². The van der Waals surface area contributed by atoms with E-state index in [1.165, 1.54) is 6.07 Å². The van der Waals surface area contributed by atoms with Gasteiger partial charge in [-0.05, 0) is 65.1 Å². The minimum absolute atomic E-state index is 0.0915. The monoisotopic (exact) mass is 397 g/mol. The van der Waals surface area contributed by atoms with Gasteiger partial charge in [0, 0.05) is 31.0 Å². The number of anilines is 1. The van der Waals surface area contributed by atoms with Crippen molar-refractivity contribution < 1.29 is 9.90 Å². The summed E-state index contributed by atoms with van der Waals surface area (Å²) in [6.07, 6.45) is 1.65. The largest absolute Gasteiger partial charge is 0.507 e. The second-order valence-corrected chi connectivity index (χ2v) is 6.09. The number of aromatic hydroxyl groups is 1. The van der Waals surface area contributed by atoms with Gasteiger partial charge in [0.2, 0.25) is 0 Å². The first-order valence-electron chi connectivity index (χ1n) is 5.86. The summed E-state index contributed by atoms with van der Waals surface area (Å²) in [6, 6.07) is 10.5. The molecule has 0 spiro atoms. The normalized spacial score (nSPS) is 15.3. The Bertz CT molecular complexity index is 756. The van der Waals surface area contributed by atoms with Crippen molar-refractivity contribution in [2.24, 2.45) is 0 Å². The van der Waals surface area contributed by atoms with Gasteiger partial charge in [0.1, 0.15) is 5.75 Å². The molecule has 1 heterocycles. The molecule has 1 aliphatic heterocycles. The molecule has 20 heavy (non-hydrogen) atoms. The van der Waals surface area contributed by atoms with E-state index in [1.807, 2.05) is 18.2 Å². The number of benzene rings is 2. The van der Waals surface area contributed by atoms with Crippen LogP contribution < -0.4 is 5.32 Å². The molecule has 2 N–H and O–H groups in total. The molecular weight excluding hydrogens is 389 g/mol. The third kappa shape index (κ3) is 2.41. The predicted octanol–water partition coefficient (Wildman–Crippen LogP) is 4.14. The highest BCUT2D eigenvalue weighted by Gasteiger charge is 2.24. The Morgan fingerprint density at radius 2 is 2.00 bits per heavy atom. The van der Waals surface area contributed by atoms with Crippen LogP contribution in [-0.2, 0) is 4.79 Å². The molecule has 0 aromatic heterocycles. The second-order valence-electron chi connectivity index (χ2n) is 4.41. The molecule has 0 aliphatic carbocycles. The maximum atomic E-state index is 12.0. The van der Waals surface area contributed by atoms with Gasteiger partial charge in [-0.2, -0.15) is 0 Å². The summed E-state index contributed by atoms with van der Waals surface area (Å²) in [5, 5.41) is 13.2. The molecule has 5 heteroatoms. The van der Waals surface area contributed by atoms with Crippen LogP contribution >= 0.6 is 34.2 Å². The standard InChI is InChI=1S/C15H9ClINO2/c16-9-1-4-14(19)8(5-9)6-12-11-7-10(17)2-3-13(11)18-15(12)20/h1-7,19H,(H,18,20). The van der Waals surface area contributed by atoms with Crippen molar-refractivity contribution in [1.29, 1.82) is 0 Å². The molecule has 2 aromatic rings. The summed E-state index contributed by atoms with van der Waals surface area (Å²) < 4.78 is 1.04. The van der Waals surface area contributed by atoms with Crippen LogP contribution in [0, 0.1) is 3.57 Å². The zero-order valence-corrected chi connectivity index (χ0v) is 13.1. The molecule has 0 radical (unpaired) electrons.